The molecule has 0 amide bonds. The van der Waals surface area contributed by atoms with Crippen molar-refractivity contribution in [3.05, 3.63) is 54.3 Å². The van der Waals surface area contributed by atoms with Gasteiger partial charge in [0, 0.05) is 6.07 Å². The smallest absolute Gasteiger partial charge is 0.146 e. The zero-order valence-corrected chi connectivity index (χ0v) is 10.0. The summed E-state index contributed by atoms with van der Waals surface area (Å²) in [4.78, 5) is 0. The van der Waals surface area contributed by atoms with Crippen LogP contribution < -0.4 is 4.74 Å². The van der Waals surface area contributed by atoms with Crippen LogP contribution >= 0.6 is 0 Å². The molecule has 0 aliphatic carbocycles. The molecular weight excluding hydrogens is 244 g/mol. The SMILES string of the molecule is Oc1cccc(OCc2cc3c(O)cccc3o2)c1. The van der Waals surface area contributed by atoms with Crippen LogP contribution in [0.4, 0.5) is 0 Å². The molecule has 0 aliphatic rings. The van der Waals surface area contributed by atoms with Gasteiger partial charge in [-0.1, -0.05) is 12.1 Å². The molecule has 2 aromatic carbocycles. The summed E-state index contributed by atoms with van der Waals surface area (Å²) in [6, 6.07) is 13.4. The Kier molecular flexibility index (Phi) is 2.76. The molecule has 0 spiro atoms. The minimum Gasteiger partial charge on any atom is -0.508 e. The molecule has 0 atom stereocenters. The summed E-state index contributed by atoms with van der Waals surface area (Å²) in [6.07, 6.45) is 0. The first-order valence-electron chi connectivity index (χ1n) is 5.84. The fourth-order valence-corrected chi connectivity index (χ4v) is 1.90. The van der Waals surface area contributed by atoms with Crippen molar-refractivity contribution < 1.29 is 19.4 Å². The first-order chi connectivity index (χ1) is 9.22. The number of phenolic OH excluding ortho intramolecular Hbond substituents is 2. The highest BCUT2D eigenvalue weighted by atomic mass is 16.5. The van der Waals surface area contributed by atoms with Crippen molar-refractivity contribution in [1.29, 1.82) is 0 Å². The van der Waals surface area contributed by atoms with Crippen molar-refractivity contribution in [2.24, 2.45) is 0 Å². The Morgan fingerprint density at radius 1 is 1.00 bits per heavy atom. The monoisotopic (exact) mass is 256 g/mol. The average Bonchev–Trinajstić information content (AvgIpc) is 2.81. The van der Waals surface area contributed by atoms with Crippen molar-refractivity contribution in [2.75, 3.05) is 0 Å². The van der Waals surface area contributed by atoms with Crippen LogP contribution in [-0.4, -0.2) is 10.2 Å². The Bertz CT molecular complexity index is 715. The fourth-order valence-electron chi connectivity index (χ4n) is 1.90. The molecule has 0 fully saturated rings. The molecule has 3 aromatic rings. The summed E-state index contributed by atoms with van der Waals surface area (Å²) < 4.78 is 11.1. The highest BCUT2D eigenvalue weighted by molar-refractivity contribution is 5.84. The molecule has 1 heterocycles. The lowest BCUT2D eigenvalue weighted by atomic mass is 10.2. The van der Waals surface area contributed by atoms with Crippen molar-refractivity contribution in [1.82, 2.24) is 0 Å². The van der Waals surface area contributed by atoms with Crippen molar-refractivity contribution in [3.63, 3.8) is 0 Å². The molecule has 19 heavy (non-hydrogen) atoms. The van der Waals surface area contributed by atoms with Crippen LogP contribution in [0.2, 0.25) is 0 Å². The van der Waals surface area contributed by atoms with Gasteiger partial charge < -0.3 is 19.4 Å². The Balaban J connectivity index is 1.80. The van der Waals surface area contributed by atoms with E-state index in [0.717, 1.165) is 0 Å². The van der Waals surface area contributed by atoms with Crippen LogP contribution in [0.3, 0.4) is 0 Å². The number of hydrogen-bond acceptors (Lipinski definition) is 4. The molecule has 96 valence electrons. The third kappa shape index (κ3) is 2.33. The molecular formula is C15H12O4. The molecule has 0 radical (unpaired) electrons. The van der Waals surface area contributed by atoms with E-state index in [2.05, 4.69) is 0 Å². The Morgan fingerprint density at radius 2 is 1.84 bits per heavy atom. The van der Waals surface area contributed by atoms with E-state index in [1.54, 1.807) is 42.5 Å². The van der Waals surface area contributed by atoms with E-state index < -0.39 is 0 Å². The number of rotatable bonds is 3. The summed E-state index contributed by atoms with van der Waals surface area (Å²) in [5.74, 6) is 1.51. The van der Waals surface area contributed by atoms with E-state index in [1.807, 2.05) is 0 Å². The van der Waals surface area contributed by atoms with E-state index in [9.17, 15) is 10.2 Å². The number of benzene rings is 2. The molecule has 0 saturated carbocycles. The van der Waals surface area contributed by atoms with Gasteiger partial charge in [-0.2, -0.15) is 0 Å². The van der Waals surface area contributed by atoms with Gasteiger partial charge in [-0.25, -0.2) is 0 Å². The topological polar surface area (TPSA) is 62.8 Å². The van der Waals surface area contributed by atoms with Gasteiger partial charge in [0.15, 0.2) is 0 Å². The second-order valence-corrected chi connectivity index (χ2v) is 4.19. The Labute approximate surface area is 109 Å². The van der Waals surface area contributed by atoms with Gasteiger partial charge in [-0.05, 0) is 30.3 Å². The highest BCUT2D eigenvalue weighted by Crippen LogP contribution is 2.28. The van der Waals surface area contributed by atoms with Crippen LogP contribution in [0, 0.1) is 0 Å². The van der Waals surface area contributed by atoms with Crippen LogP contribution in [0.5, 0.6) is 17.2 Å². The molecule has 3 rings (SSSR count). The lowest BCUT2D eigenvalue weighted by Gasteiger charge is -2.03. The largest absolute Gasteiger partial charge is 0.508 e. The second-order valence-electron chi connectivity index (χ2n) is 4.19. The van der Waals surface area contributed by atoms with Crippen molar-refractivity contribution in [2.45, 2.75) is 6.61 Å². The van der Waals surface area contributed by atoms with Gasteiger partial charge in [0.25, 0.3) is 0 Å². The zero-order valence-electron chi connectivity index (χ0n) is 10.0. The van der Waals surface area contributed by atoms with E-state index in [0.29, 0.717) is 22.5 Å². The quantitative estimate of drug-likeness (QED) is 0.753. The normalized spacial score (nSPS) is 10.7. The maximum atomic E-state index is 9.67. The average molecular weight is 256 g/mol. The maximum absolute atomic E-state index is 9.67. The fraction of sp³-hybridized carbons (Fsp3) is 0.0667. The predicted molar refractivity (Wildman–Crippen MR) is 70.3 cm³/mol. The summed E-state index contributed by atoms with van der Waals surface area (Å²) in [5, 5.41) is 19.7. The van der Waals surface area contributed by atoms with Gasteiger partial charge in [-0.15, -0.1) is 0 Å². The number of furan rings is 1. The van der Waals surface area contributed by atoms with E-state index in [-0.39, 0.29) is 18.1 Å². The summed E-state index contributed by atoms with van der Waals surface area (Å²) >= 11 is 0. The summed E-state index contributed by atoms with van der Waals surface area (Å²) in [5.41, 5.74) is 0.620. The van der Waals surface area contributed by atoms with Crippen molar-refractivity contribution in [3.8, 4) is 17.2 Å². The molecule has 4 nitrogen and oxygen atoms in total. The van der Waals surface area contributed by atoms with Gasteiger partial charge in [-0.3, -0.25) is 0 Å². The number of phenols is 2. The van der Waals surface area contributed by atoms with Crippen LogP contribution in [0.1, 0.15) is 5.76 Å². The third-order valence-electron chi connectivity index (χ3n) is 2.79. The predicted octanol–water partition coefficient (Wildman–Crippen LogP) is 3.42. The van der Waals surface area contributed by atoms with Gasteiger partial charge in [0.2, 0.25) is 0 Å². The summed E-state index contributed by atoms with van der Waals surface area (Å²) in [7, 11) is 0. The van der Waals surface area contributed by atoms with Crippen molar-refractivity contribution >= 4 is 11.0 Å². The van der Waals surface area contributed by atoms with Crippen LogP contribution in [0.25, 0.3) is 11.0 Å². The van der Waals surface area contributed by atoms with Crippen LogP contribution in [-0.2, 0) is 6.61 Å². The van der Waals surface area contributed by atoms with E-state index >= 15 is 0 Å². The van der Waals surface area contributed by atoms with E-state index in [4.69, 9.17) is 9.15 Å². The molecule has 1 aromatic heterocycles. The first-order valence-corrected chi connectivity index (χ1v) is 5.84. The van der Waals surface area contributed by atoms with Gasteiger partial charge in [0.1, 0.15) is 35.2 Å². The standard InChI is InChI=1S/C15H12O4/c16-10-3-1-4-11(7-10)18-9-12-8-13-14(17)5-2-6-15(13)19-12/h1-8,16-17H,9H2. The third-order valence-corrected chi connectivity index (χ3v) is 2.79. The van der Waals surface area contributed by atoms with E-state index in [1.165, 1.54) is 6.07 Å². The van der Waals surface area contributed by atoms with Crippen LogP contribution in [0.15, 0.2) is 52.9 Å². The molecule has 0 aliphatic heterocycles. The molecule has 2 N–H and O–H groups in total. The zero-order chi connectivity index (χ0) is 13.2. The Hall–Kier alpha value is -2.62. The number of hydrogen-bond donors (Lipinski definition) is 2. The first kappa shape index (κ1) is 11.5. The molecule has 0 bridgehead atoms. The maximum Gasteiger partial charge on any atom is 0.146 e. The molecule has 0 unspecified atom stereocenters. The number of aromatic hydroxyl groups is 2. The molecule has 4 heteroatoms. The highest BCUT2D eigenvalue weighted by Gasteiger charge is 2.07. The number of fused-ring (bicyclic) bond motifs is 1. The Morgan fingerprint density at radius 3 is 2.63 bits per heavy atom. The molecule has 0 saturated heterocycles. The summed E-state index contributed by atoms with van der Waals surface area (Å²) in [6.45, 7) is 0.234. The lowest BCUT2D eigenvalue weighted by molar-refractivity contribution is 0.273. The minimum atomic E-state index is 0.153. The second kappa shape index (κ2) is 4.57. The van der Waals surface area contributed by atoms with Gasteiger partial charge >= 0.3 is 0 Å². The minimum absolute atomic E-state index is 0.153. The van der Waals surface area contributed by atoms with Gasteiger partial charge in [0.05, 0.1) is 5.39 Å². The lowest BCUT2D eigenvalue weighted by Crippen LogP contribution is -1.92. The number of ether oxygens (including phenoxy) is 1.